The molecule has 2 rings (SSSR count). The number of likely N-dealkylation sites (N-methyl/N-ethyl adjacent to an activating group) is 1. The number of carbonyl (C=O) groups excluding carboxylic acids is 1. The number of halogens is 4. The number of hydrogen-bond acceptors (Lipinski definition) is 4. The monoisotopic (exact) mass is 377 g/mol. The van der Waals surface area contributed by atoms with Crippen LogP contribution in [0.2, 0.25) is 0 Å². The summed E-state index contributed by atoms with van der Waals surface area (Å²) < 4.78 is 40.8. The second-order valence-corrected chi connectivity index (χ2v) is 5.55. The number of aromatic nitrogens is 4. The van der Waals surface area contributed by atoms with Crippen LogP contribution in [0.5, 0.6) is 0 Å². The summed E-state index contributed by atoms with van der Waals surface area (Å²) in [4.78, 5) is 13.0. The molecule has 0 spiro atoms. The van der Waals surface area contributed by atoms with Crippen LogP contribution in [0.15, 0.2) is 22.7 Å². The lowest BCUT2D eigenvalue weighted by Crippen LogP contribution is -2.27. The number of benzene rings is 1. The third-order valence-corrected chi connectivity index (χ3v) is 3.34. The molecule has 0 aliphatic carbocycles. The molecule has 1 aromatic heterocycles. The molecule has 0 saturated carbocycles. The number of nitrogens with zero attached hydrogens (tertiary/aromatic N) is 5. The van der Waals surface area contributed by atoms with Crippen molar-refractivity contribution in [3.63, 3.8) is 0 Å². The fourth-order valence-electron chi connectivity index (χ4n) is 1.72. The van der Waals surface area contributed by atoms with Crippen molar-refractivity contribution >= 4 is 21.8 Å². The summed E-state index contributed by atoms with van der Waals surface area (Å²) in [5.41, 5.74) is -1.07. The maximum absolute atomic E-state index is 13.2. The molecule has 0 fully saturated rings. The largest absolute Gasteiger partial charge is 0.417 e. The standard InChI is InChI=1S/C12H11BrF3N5O/c1-20(2)10(22)6-21-11(17-18-19-21)8-4-3-7(13)5-9(8)12(14,15)16/h3-5H,6H2,1-2H3. The summed E-state index contributed by atoms with van der Waals surface area (Å²) in [7, 11) is 3.07. The highest BCUT2D eigenvalue weighted by atomic mass is 79.9. The Bertz CT molecular complexity index is 698. The van der Waals surface area contributed by atoms with Gasteiger partial charge in [-0.05, 0) is 28.6 Å². The Balaban J connectivity index is 2.50. The minimum Gasteiger partial charge on any atom is -0.347 e. The number of carbonyl (C=O) groups is 1. The van der Waals surface area contributed by atoms with E-state index in [2.05, 4.69) is 31.5 Å². The Morgan fingerprint density at radius 2 is 2.05 bits per heavy atom. The number of rotatable bonds is 3. The van der Waals surface area contributed by atoms with Gasteiger partial charge in [-0.2, -0.15) is 13.2 Å². The summed E-state index contributed by atoms with van der Waals surface area (Å²) in [5.74, 6) is -0.450. The minimum atomic E-state index is -4.57. The molecule has 0 saturated heterocycles. The van der Waals surface area contributed by atoms with E-state index in [0.29, 0.717) is 0 Å². The van der Waals surface area contributed by atoms with Gasteiger partial charge in [0.1, 0.15) is 6.54 Å². The summed E-state index contributed by atoms with van der Waals surface area (Å²) >= 11 is 3.01. The summed E-state index contributed by atoms with van der Waals surface area (Å²) in [5, 5.41) is 10.6. The van der Waals surface area contributed by atoms with Gasteiger partial charge in [0.15, 0.2) is 5.82 Å². The van der Waals surface area contributed by atoms with Crippen molar-refractivity contribution in [1.82, 2.24) is 25.1 Å². The van der Waals surface area contributed by atoms with Gasteiger partial charge in [-0.25, -0.2) is 4.68 Å². The summed E-state index contributed by atoms with van der Waals surface area (Å²) in [6.07, 6.45) is -4.57. The molecule has 0 unspecified atom stereocenters. The lowest BCUT2D eigenvalue weighted by molar-refractivity contribution is -0.137. The van der Waals surface area contributed by atoms with Crippen LogP contribution >= 0.6 is 15.9 Å². The van der Waals surface area contributed by atoms with Crippen molar-refractivity contribution in [2.24, 2.45) is 0 Å². The van der Waals surface area contributed by atoms with Crippen LogP contribution in [0.4, 0.5) is 13.2 Å². The zero-order valence-corrected chi connectivity index (χ0v) is 13.2. The summed E-state index contributed by atoms with van der Waals surface area (Å²) in [6.45, 7) is -0.247. The molecule has 6 nitrogen and oxygen atoms in total. The molecular formula is C12H11BrF3N5O. The Kier molecular flexibility index (Phi) is 4.50. The Hall–Kier alpha value is -1.97. The van der Waals surface area contributed by atoms with E-state index < -0.39 is 11.7 Å². The van der Waals surface area contributed by atoms with E-state index in [0.717, 1.165) is 10.7 Å². The van der Waals surface area contributed by atoms with Gasteiger partial charge in [0.2, 0.25) is 5.91 Å². The normalized spacial score (nSPS) is 11.5. The first-order valence-corrected chi connectivity index (χ1v) is 6.83. The lowest BCUT2D eigenvalue weighted by atomic mass is 10.1. The maximum atomic E-state index is 13.2. The molecule has 1 heterocycles. The van der Waals surface area contributed by atoms with Crippen LogP contribution in [0.1, 0.15) is 5.56 Å². The molecule has 0 aliphatic heterocycles. The number of tetrazole rings is 1. The smallest absolute Gasteiger partial charge is 0.347 e. The van der Waals surface area contributed by atoms with Gasteiger partial charge in [0, 0.05) is 24.1 Å². The van der Waals surface area contributed by atoms with Crippen LogP contribution in [0, 0.1) is 0 Å². The van der Waals surface area contributed by atoms with Crippen molar-refractivity contribution in [1.29, 1.82) is 0 Å². The van der Waals surface area contributed by atoms with Crippen LogP contribution < -0.4 is 0 Å². The van der Waals surface area contributed by atoms with Crippen LogP contribution in [0.3, 0.4) is 0 Å². The Labute approximate surface area is 132 Å². The van der Waals surface area contributed by atoms with E-state index in [9.17, 15) is 18.0 Å². The molecule has 2 aromatic rings. The fraction of sp³-hybridized carbons (Fsp3) is 0.333. The molecule has 22 heavy (non-hydrogen) atoms. The van der Waals surface area contributed by atoms with E-state index in [1.165, 1.54) is 31.1 Å². The molecule has 0 radical (unpaired) electrons. The Morgan fingerprint density at radius 3 is 2.64 bits per heavy atom. The van der Waals surface area contributed by atoms with Crippen molar-refractivity contribution in [3.8, 4) is 11.4 Å². The van der Waals surface area contributed by atoms with E-state index in [1.807, 2.05) is 0 Å². The quantitative estimate of drug-likeness (QED) is 0.822. The zero-order valence-electron chi connectivity index (χ0n) is 11.6. The van der Waals surface area contributed by atoms with Crippen LogP contribution in [-0.2, 0) is 17.5 Å². The number of hydrogen-bond donors (Lipinski definition) is 0. The number of alkyl halides is 3. The molecule has 1 amide bonds. The first kappa shape index (κ1) is 16.4. The predicted octanol–water partition coefficient (Wildman–Crippen LogP) is 2.21. The highest BCUT2D eigenvalue weighted by Gasteiger charge is 2.35. The SMILES string of the molecule is CN(C)C(=O)Cn1nnnc1-c1ccc(Br)cc1C(F)(F)F. The van der Waals surface area contributed by atoms with E-state index >= 15 is 0 Å². The highest BCUT2D eigenvalue weighted by Crippen LogP contribution is 2.37. The van der Waals surface area contributed by atoms with E-state index in [4.69, 9.17) is 0 Å². The van der Waals surface area contributed by atoms with Gasteiger partial charge in [-0.3, -0.25) is 4.79 Å². The van der Waals surface area contributed by atoms with Gasteiger partial charge in [0.05, 0.1) is 5.56 Å². The average Bonchev–Trinajstić information content (AvgIpc) is 2.85. The zero-order chi connectivity index (χ0) is 16.5. The van der Waals surface area contributed by atoms with Crippen molar-refractivity contribution in [3.05, 3.63) is 28.2 Å². The third-order valence-electron chi connectivity index (χ3n) is 2.84. The number of amides is 1. The molecule has 0 N–H and O–H groups in total. The minimum absolute atomic E-state index is 0.116. The van der Waals surface area contributed by atoms with Gasteiger partial charge in [0.25, 0.3) is 0 Å². The predicted molar refractivity (Wildman–Crippen MR) is 74.6 cm³/mol. The molecule has 10 heteroatoms. The lowest BCUT2D eigenvalue weighted by Gasteiger charge is -2.14. The average molecular weight is 378 g/mol. The molecule has 0 atom stereocenters. The van der Waals surface area contributed by atoms with Gasteiger partial charge < -0.3 is 4.90 Å². The fourth-order valence-corrected chi connectivity index (χ4v) is 2.08. The van der Waals surface area contributed by atoms with Gasteiger partial charge >= 0.3 is 6.18 Å². The second-order valence-electron chi connectivity index (χ2n) is 4.64. The molecule has 0 bridgehead atoms. The molecular weight excluding hydrogens is 367 g/mol. The van der Waals surface area contributed by atoms with Crippen molar-refractivity contribution in [2.75, 3.05) is 14.1 Å². The van der Waals surface area contributed by atoms with E-state index in [-0.39, 0.29) is 28.3 Å². The highest BCUT2D eigenvalue weighted by molar-refractivity contribution is 9.10. The molecule has 1 aromatic carbocycles. The second kappa shape index (κ2) is 6.03. The van der Waals surface area contributed by atoms with Crippen molar-refractivity contribution in [2.45, 2.75) is 12.7 Å². The molecule has 0 aliphatic rings. The molecule has 118 valence electrons. The summed E-state index contributed by atoms with van der Waals surface area (Å²) in [6, 6.07) is 3.66. The van der Waals surface area contributed by atoms with Gasteiger partial charge in [-0.15, -0.1) is 5.10 Å². The Morgan fingerprint density at radius 1 is 1.36 bits per heavy atom. The maximum Gasteiger partial charge on any atom is 0.417 e. The third kappa shape index (κ3) is 3.43. The first-order valence-electron chi connectivity index (χ1n) is 6.03. The first-order chi connectivity index (χ1) is 10.2. The topological polar surface area (TPSA) is 63.9 Å². The van der Waals surface area contributed by atoms with Gasteiger partial charge in [-0.1, -0.05) is 15.9 Å². The van der Waals surface area contributed by atoms with Crippen molar-refractivity contribution < 1.29 is 18.0 Å². The van der Waals surface area contributed by atoms with Crippen LogP contribution in [-0.4, -0.2) is 45.1 Å². The van der Waals surface area contributed by atoms with Crippen LogP contribution in [0.25, 0.3) is 11.4 Å². The van der Waals surface area contributed by atoms with E-state index in [1.54, 1.807) is 0 Å².